The minimum atomic E-state index is -0.687. The minimum Gasteiger partial charge on any atom is -0.349 e. The first kappa shape index (κ1) is 18.5. The van der Waals surface area contributed by atoms with Crippen molar-refractivity contribution >= 4 is 50.7 Å². The molecule has 1 aromatic carbocycles. The van der Waals surface area contributed by atoms with E-state index in [9.17, 15) is 4.79 Å². The second kappa shape index (κ2) is 7.50. The van der Waals surface area contributed by atoms with Crippen molar-refractivity contribution in [2.24, 2.45) is 0 Å². The Kier molecular flexibility index (Phi) is 5.77. The molecule has 0 bridgehead atoms. The molecular weight excluding hydrogens is 417 g/mol. The van der Waals surface area contributed by atoms with E-state index in [2.05, 4.69) is 21.2 Å². The van der Waals surface area contributed by atoms with Gasteiger partial charge in [0.2, 0.25) is 5.91 Å². The fraction of sp³-hybridized carbons (Fsp3) is 0.588. The van der Waals surface area contributed by atoms with Gasteiger partial charge in [0.1, 0.15) is 0 Å². The largest absolute Gasteiger partial charge is 0.349 e. The van der Waals surface area contributed by atoms with Crippen LogP contribution in [0.1, 0.15) is 31.2 Å². The molecule has 1 spiro atoms. The van der Waals surface area contributed by atoms with Gasteiger partial charge >= 0.3 is 0 Å². The van der Waals surface area contributed by atoms with Crippen molar-refractivity contribution in [1.82, 2.24) is 0 Å². The van der Waals surface area contributed by atoms with Crippen LogP contribution in [-0.2, 0) is 19.7 Å². The maximum Gasteiger partial charge on any atom is 0.235 e. The number of ether oxygens (including phenoxy) is 2. The lowest BCUT2D eigenvalue weighted by molar-refractivity contribution is -0.251. The molecule has 0 aromatic heterocycles. The number of fused-ring (bicyclic) bond motifs is 2. The summed E-state index contributed by atoms with van der Waals surface area (Å²) in [7, 11) is 0. The number of carbonyl (C=O) groups is 1. The highest BCUT2D eigenvalue weighted by atomic mass is 79.9. The fourth-order valence-electron chi connectivity index (χ4n) is 3.74. The summed E-state index contributed by atoms with van der Waals surface area (Å²) < 4.78 is 12.8. The van der Waals surface area contributed by atoms with Crippen LogP contribution in [0, 0.1) is 0 Å². The normalized spacial score (nSPS) is 20.9. The van der Waals surface area contributed by atoms with Crippen molar-refractivity contribution < 1.29 is 14.3 Å². The van der Waals surface area contributed by atoms with Crippen molar-refractivity contribution in [3.8, 4) is 0 Å². The molecule has 1 aromatic rings. The van der Waals surface area contributed by atoms with Gasteiger partial charge < -0.3 is 14.8 Å². The molecule has 1 N–H and O–H groups in total. The number of anilines is 1. The zero-order valence-electron chi connectivity index (χ0n) is 13.2. The van der Waals surface area contributed by atoms with Crippen molar-refractivity contribution in [3.05, 3.63) is 28.2 Å². The first-order valence-electron chi connectivity index (χ1n) is 8.07. The van der Waals surface area contributed by atoms with Crippen molar-refractivity contribution in [3.63, 3.8) is 0 Å². The Labute approximate surface area is 160 Å². The third kappa shape index (κ3) is 3.34. The van der Waals surface area contributed by atoms with Crippen LogP contribution in [0.25, 0.3) is 0 Å². The summed E-state index contributed by atoms with van der Waals surface area (Å²) in [5, 5.41) is 3.02. The fourth-order valence-corrected chi connectivity index (χ4v) is 4.25. The number of benzene rings is 1. The highest BCUT2D eigenvalue weighted by Crippen LogP contribution is 2.51. The summed E-state index contributed by atoms with van der Waals surface area (Å²) >= 11 is 15.0. The summed E-state index contributed by atoms with van der Waals surface area (Å²) in [5.41, 5.74) is 1.47. The number of alkyl halides is 2. The molecule has 2 aliphatic rings. The van der Waals surface area contributed by atoms with E-state index in [0.29, 0.717) is 50.7 Å². The van der Waals surface area contributed by atoms with Gasteiger partial charge in [-0.15, -0.1) is 23.2 Å². The molecule has 4 nitrogen and oxygen atoms in total. The minimum absolute atomic E-state index is 0.0684. The van der Waals surface area contributed by atoms with Crippen molar-refractivity contribution in [2.45, 2.75) is 36.9 Å². The molecule has 7 heteroatoms. The molecule has 132 valence electrons. The van der Waals surface area contributed by atoms with Crippen LogP contribution < -0.4 is 5.32 Å². The molecular formula is C17H20BrCl2NO3. The Morgan fingerprint density at radius 1 is 1.08 bits per heavy atom. The molecule has 1 heterocycles. The van der Waals surface area contributed by atoms with Crippen LogP contribution in [0.2, 0.25) is 0 Å². The van der Waals surface area contributed by atoms with Crippen LogP contribution >= 0.6 is 39.1 Å². The van der Waals surface area contributed by atoms with Crippen LogP contribution in [0.15, 0.2) is 22.7 Å². The molecule has 1 aliphatic carbocycles. The van der Waals surface area contributed by atoms with E-state index < -0.39 is 11.2 Å². The predicted molar refractivity (Wildman–Crippen MR) is 99.0 cm³/mol. The van der Waals surface area contributed by atoms with E-state index in [1.165, 1.54) is 0 Å². The highest BCUT2D eigenvalue weighted by molar-refractivity contribution is 9.10. The number of amides is 1. The van der Waals surface area contributed by atoms with E-state index in [0.717, 1.165) is 15.7 Å². The molecule has 24 heavy (non-hydrogen) atoms. The van der Waals surface area contributed by atoms with Crippen LogP contribution in [0.3, 0.4) is 0 Å². The first-order chi connectivity index (χ1) is 11.6. The van der Waals surface area contributed by atoms with Crippen LogP contribution in [-0.4, -0.2) is 36.7 Å². The van der Waals surface area contributed by atoms with Gasteiger partial charge in [-0.1, -0.05) is 22.0 Å². The van der Waals surface area contributed by atoms with Gasteiger partial charge in [0.25, 0.3) is 0 Å². The average molecular weight is 437 g/mol. The van der Waals surface area contributed by atoms with Gasteiger partial charge in [0.05, 0.1) is 18.6 Å². The molecule has 1 amide bonds. The lowest BCUT2D eigenvalue weighted by Gasteiger charge is -2.43. The maximum absolute atomic E-state index is 12.7. The number of hydrogen-bond acceptors (Lipinski definition) is 3. The summed E-state index contributed by atoms with van der Waals surface area (Å²) in [6, 6.07) is 5.97. The zero-order chi connectivity index (χ0) is 17.2. The predicted octanol–water partition coefficient (Wildman–Crippen LogP) is 4.42. The SMILES string of the molecule is O=C1Nc2cc(Br)ccc2C12CCC(OCCCl)(OCCCl)CC2. The van der Waals surface area contributed by atoms with E-state index >= 15 is 0 Å². The summed E-state index contributed by atoms with van der Waals surface area (Å²) in [4.78, 5) is 12.7. The van der Waals surface area contributed by atoms with E-state index in [1.54, 1.807) is 0 Å². The molecule has 0 saturated heterocycles. The summed E-state index contributed by atoms with van der Waals surface area (Å²) in [6.07, 6.45) is 2.64. The standard InChI is InChI=1S/C17H20BrCl2NO3/c18-12-1-2-13-14(11-12)21-15(22)16(13)3-5-17(6-4-16,23-9-7-19)24-10-8-20/h1-2,11H,3-10H2,(H,21,22). The van der Waals surface area contributed by atoms with E-state index in [-0.39, 0.29) is 5.91 Å². The van der Waals surface area contributed by atoms with Crippen molar-refractivity contribution in [2.75, 3.05) is 30.3 Å². The Morgan fingerprint density at radius 2 is 1.71 bits per heavy atom. The monoisotopic (exact) mass is 435 g/mol. The van der Waals surface area contributed by atoms with Gasteiger partial charge in [0.15, 0.2) is 5.79 Å². The molecule has 0 radical (unpaired) electrons. The molecule has 0 unspecified atom stereocenters. The number of nitrogens with one attached hydrogen (secondary N) is 1. The molecule has 1 saturated carbocycles. The Hall–Kier alpha value is -0.330. The summed E-state index contributed by atoms with van der Waals surface area (Å²) in [6.45, 7) is 0.846. The quantitative estimate of drug-likeness (QED) is 0.530. The van der Waals surface area contributed by atoms with Gasteiger partial charge in [-0.3, -0.25) is 4.79 Å². The number of carbonyl (C=O) groups excluding carboxylic acids is 1. The Balaban J connectivity index is 1.81. The molecule has 1 aliphatic heterocycles. The van der Waals surface area contributed by atoms with Crippen LogP contribution in [0.5, 0.6) is 0 Å². The van der Waals surface area contributed by atoms with Gasteiger partial charge in [-0.25, -0.2) is 0 Å². The Bertz CT molecular complexity index is 608. The smallest absolute Gasteiger partial charge is 0.235 e. The van der Waals surface area contributed by atoms with Crippen LogP contribution in [0.4, 0.5) is 5.69 Å². The topological polar surface area (TPSA) is 47.6 Å². The second-order valence-electron chi connectivity index (χ2n) is 6.21. The van der Waals surface area contributed by atoms with Gasteiger partial charge in [0, 0.05) is 34.8 Å². The van der Waals surface area contributed by atoms with E-state index in [4.69, 9.17) is 32.7 Å². The summed E-state index contributed by atoms with van der Waals surface area (Å²) in [5.74, 6) is 0.204. The lowest BCUT2D eigenvalue weighted by Crippen LogP contribution is -2.48. The average Bonchev–Trinajstić information content (AvgIpc) is 2.85. The Morgan fingerprint density at radius 3 is 2.29 bits per heavy atom. The van der Waals surface area contributed by atoms with Crippen molar-refractivity contribution in [1.29, 1.82) is 0 Å². The third-order valence-electron chi connectivity index (χ3n) is 4.93. The maximum atomic E-state index is 12.7. The lowest BCUT2D eigenvalue weighted by atomic mass is 9.68. The highest BCUT2D eigenvalue weighted by Gasteiger charge is 2.52. The third-order valence-corrected chi connectivity index (χ3v) is 5.73. The zero-order valence-corrected chi connectivity index (χ0v) is 16.3. The number of rotatable bonds is 6. The number of halogens is 3. The van der Waals surface area contributed by atoms with Gasteiger partial charge in [-0.05, 0) is 30.5 Å². The van der Waals surface area contributed by atoms with E-state index in [1.807, 2.05) is 18.2 Å². The number of hydrogen-bond donors (Lipinski definition) is 1. The first-order valence-corrected chi connectivity index (χ1v) is 9.93. The molecule has 0 atom stereocenters. The second-order valence-corrected chi connectivity index (χ2v) is 7.88. The van der Waals surface area contributed by atoms with Gasteiger partial charge in [-0.2, -0.15) is 0 Å². The molecule has 3 rings (SSSR count). The molecule has 1 fully saturated rings.